The van der Waals surface area contributed by atoms with Crippen molar-refractivity contribution >= 4 is 11.6 Å². The highest BCUT2D eigenvalue weighted by Crippen LogP contribution is 2.21. The average molecular weight is 327 g/mol. The van der Waals surface area contributed by atoms with E-state index in [-0.39, 0.29) is 18.3 Å². The number of carbonyl (C=O) groups excluding carboxylic acids is 1. The molecular formula is C17H14FN3O3. The molecule has 1 amide bonds. The van der Waals surface area contributed by atoms with E-state index in [9.17, 15) is 9.18 Å². The first kappa shape index (κ1) is 15.7. The third-order valence-corrected chi connectivity index (χ3v) is 3.16. The molecule has 0 atom stereocenters. The normalized spacial score (nSPS) is 10.4. The smallest absolute Gasteiger partial charge is 0.259 e. The zero-order valence-electron chi connectivity index (χ0n) is 12.8. The number of aromatic nitrogens is 2. The number of hydrogen-bond acceptors (Lipinski definition) is 5. The fraction of sp³-hybridized carbons (Fsp3) is 0.118. The predicted molar refractivity (Wildman–Crippen MR) is 84.2 cm³/mol. The Hall–Kier alpha value is -3.22. The summed E-state index contributed by atoms with van der Waals surface area (Å²) in [6, 6.07) is 12.3. The Labute approximate surface area is 137 Å². The first-order valence-corrected chi connectivity index (χ1v) is 7.20. The molecule has 24 heavy (non-hydrogen) atoms. The summed E-state index contributed by atoms with van der Waals surface area (Å²) in [5.41, 5.74) is 0.840. The van der Waals surface area contributed by atoms with Crippen LogP contribution in [0, 0.1) is 12.7 Å². The van der Waals surface area contributed by atoms with Crippen LogP contribution in [0.5, 0.6) is 5.75 Å². The van der Waals surface area contributed by atoms with Gasteiger partial charge in [-0.1, -0.05) is 17.3 Å². The van der Waals surface area contributed by atoms with Gasteiger partial charge in [0.2, 0.25) is 11.7 Å². The quantitative estimate of drug-likeness (QED) is 0.777. The van der Waals surface area contributed by atoms with Gasteiger partial charge >= 0.3 is 0 Å². The third-order valence-electron chi connectivity index (χ3n) is 3.16. The van der Waals surface area contributed by atoms with Crippen molar-refractivity contribution in [1.82, 2.24) is 10.1 Å². The zero-order valence-corrected chi connectivity index (χ0v) is 12.8. The topological polar surface area (TPSA) is 77.2 Å². The van der Waals surface area contributed by atoms with Crippen LogP contribution in [0.4, 0.5) is 10.1 Å². The molecule has 0 fully saturated rings. The second-order valence-electron chi connectivity index (χ2n) is 4.98. The summed E-state index contributed by atoms with van der Waals surface area (Å²) in [5, 5.41) is 6.43. The number of nitrogens with zero attached hydrogens (tertiary/aromatic N) is 2. The number of hydrogen-bond donors (Lipinski definition) is 1. The zero-order chi connectivity index (χ0) is 16.9. The number of ether oxygens (including phenoxy) is 1. The third kappa shape index (κ3) is 3.75. The Morgan fingerprint density at radius 3 is 2.67 bits per heavy atom. The summed E-state index contributed by atoms with van der Waals surface area (Å²) < 4.78 is 23.4. The number of para-hydroxylation sites is 1. The lowest BCUT2D eigenvalue weighted by Crippen LogP contribution is -2.13. The highest BCUT2D eigenvalue weighted by molar-refractivity contribution is 6.06. The molecule has 7 heteroatoms. The number of rotatable bonds is 5. The molecule has 0 saturated carbocycles. The van der Waals surface area contributed by atoms with Crippen LogP contribution in [0.1, 0.15) is 22.1 Å². The summed E-state index contributed by atoms with van der Waals surface area (Å²) in [7, 11) is 0. The minimum absolute atomic E-state index is 0.0815. The molecule has 3 aromatic rings. The predicted octanol–water partition coefficient (Wildman–Crippen LogP) is 3.35. The van der Waals surface area contributed by atoms with Crippen molar-refractivity contribution in [2.24, 2.45) is 0 Å². The highest BCUT2D eigenvalue weighted by atomic mass is 19.1. The fourth-order valence-electron chi connectivity index (χ4n) is 2.05. The van der Waals surface area contributed by atoms with E-state index >= 15 is 0 Å². The van der Waals surface area contributed by atoms with Gasteiger partial charge in [0.1, 0.15) is 11.6 Å². The maximum Gasteiger partial charge on any atom is 0.259 e. The molecule has 0 aliphatic rings. The summed E-state index contributed by atoms with van der Waals surface area (Å²) >= 11 is 0. The van der Waals surface area contributed by atoms with Gasteiger partial charge in [-0.05, 0) is 36.4 Å². The monoisotopic (exact) mass is 327 g/mol. The van der Waals surface area contributed by atoms with E-state index in [0.717, 1.165) is 0 Å². The SMILES string of the molecule is Cc1nc(COc2ccccc2C(=O)Nc2ccc(F)cc2)no1. The molecule has 6 nitrogen and oxygen atoms in total. The van der Waals surface area contributed by atoms with Crippen molar-refractivity contribution in [2.45, 2.75) is 13.5 Å². The van der Waals surface area contributed by atoms with Crippen LogP contribution in [-0.2, 0) is 6.61 Å². The summed E-state index contributed by atoms with van der Waals surface area (Å²) in [4.78, 5) is 16.4. The molecule has 0 spiro atoms. The van der Waals surface area contributed by atoms with Crippen molar-refractivity contribution in [2.75, 3.05) is 5.32 Å². The van der Waals surface area contributed by atoms with E-state index in [1.807, 2.05) is 0 Å². The van der Waals surface area contributed by atoms with E-state index in [2.05, 4.69) is 15.5 Å². The molecule has 3 rings (SSSR count). The molecule has 0 aliphatic carbocycles. The van der Waals surface area contributed by atoms with Crippen LogP contribution >= 0.6 is 0 Å². The van der Waals surface area contributed by atoms with Crippen molar-refractivity contribution < 1.29 is 18.4 Å². The molecule has 122 valence electrons. The minimum atomic E-state index is -0.368. The van der Waals surface area contributed by atoms with Gasteiger partial charge in [0.05, 0.1) is 5.56 Å². The number of carbonyl (C=O) groups is 1. The van der Waals surface area contributed by atoms with Crippen molar-refractivity contribution in [1.29, 1.82) is 0 Å². The second kappa shape index (κ2) is 6.91. The van der Waals surface area contributed by atoms with Crippen LogP contribution in [0.15, 0.2) is 53.1 Å². The van der Waals surface area contributed by atoms with Gasteiger partial charge in [-0.25, -0.2) is 4.39 Å². The van der Waals surface area contributed by atoms with E-state index in [1.54, 1.807) is 31.2 Å². The lowest BCUT2D eigenvalue weighted by molar-refractivity contribution is 0.102. The van der Waals surface area contributed by atoms with Gasteiger partial charge in [-0.15, -0.1) is 0 Å². The first-order chi connectivity index (χ1) is 11.6. The molecule has 1 N–H and O–H groups in total. The Kier molecular flexibility index (Phi) is 4.51. The number of nitrogens with one attached hydrogen (secondary N) is 1. The van der Waals surface area contributed by atoms with Crippen molar-refractivity contribution in [3.63, 3.8) is 0 Å². The van der Waals surface area contributed by atoms with Crippen molar-refractivity contribution in [3.05, 3.63) is 71.6 Å². The highest BCUT2D eigenvalue weighted by Gasteiger charge is 2.13. The molecule has 2 aromatic carbocycles. The van der Waals surface area contributed by atoms with Crippen LogP contribution in [0.3, 0.4) is 0 Å². The molecule has 0 radical (unpaired) electrons. The summed E-state index contributed by atoms with van der Waals surface area (Å²) in [6.45, 7) is 1.76. The fourth-order valence-corrected chi connectivity index (χ4v) is 2.05. The first-order valence-electron chi connectivity index (χ1n) is 7.20. The number of benzene rings is 2. The second-order valence-corrected chi connectivity index (χ2v) is 4.98. The number of amides is 1. The van der Waals surface area contributed by atoms with E-state index < -0.39 is 0 Å². The maximum atomic E-state index is 12.9. The van der Waals surface area contributed by atoms with Gasteiger partial charge in [0.25, 0.3) is 5.91 Å². The van der Waals surface area contributed by atoms with Crippen molar-refractivity contribution in [3.8, 4) is 5.75 Å². The van der Waals surface area contributed by atoms with Gasteiger partial charge in [0, 0.05) is 12.6 Å². The molecule has 1 heterocycles. The van der Waals surface area contributed by atoms with Crippen LogP contribution < -0.4 is 10.1 Å². The lowest BCUT2D eigenvalue weighted by atomic mass is 10.2. The van der Waals surface area contributed by atoms with E-state index in [1.165, 1.54) is 24.3 Å². The average Bonchev–Trinajstić information content (AvgIpc) is 3.01. The Balaban J connectivity index is 1.72. The van der Waals surface area contributed by atoms with Crippen LogP contribution in [-0.4, -0.2) is 16.0 Å². The molecular weight excluding hydrogens is 313 g/mol. The molecule has 0 unspecified atom stereocenters. The molecule has 1 aromatic heterocycles. The minimum Gasteiger partial charge on any atom is -0.485 e. The Morgan fingerprint density at radius 1 is 1.21 bits per heavy atom. The van der Waals surface area contributed by atoms with Gasteiger partial charge in [-0.2, -0.15) is 4.98 Å². The van der Waals surface area contributed by atoms with Crippen LogP contribution in [0.25, 0.3) is 0 Å². The Morgan fingerprint density at radius 2 is 1.96 bits per heavy atom. The summed E-state index contributed by atoms with van der Waals surface area (Å²) in [5.74, 6) is 0.491. The molecule has 0 aliphatic heterocycles. The standard InChI is InChI=1S/C17H14FN3O3/c1-11-19-16(21-24-11)10-23-15-5-3-2-4-14(15)17(22)20-13-8-6-12(18)7-9-13/h2-9H,10H2,1H3,(H,20,22). The summed E-state index contributed by atoms with van der Waals surface area (Å²) in [6.07, 6.45) is 0. The van der Waals surface area contributed by atoms with Gasteiger partial charge < -0.3 is 14.6 Å². The van der Waals surface area contributed by atoms with Gasteiger partial charge in [-0.3, -0.25) is 4.79 Å². The van der Waals surface area contributed by atoms with Crippen LogP contribution in [0.2, 0.25) is 0 Å². The van der Waals surface area contributed by atoms with E-state index in [0.29, 0.717) is 28.7 Å². The number of anilines is 1. The largest absolute Gasteiger partial charge is 0.485 e. The lowest BCUT2D eigenvalue weighted by Gasteiger charge is -2.10. The maximum absolute atomic E-state index is 12.9. The Bertz CT molecular complexity index is 846. The number of aryl methyl sites for hydroxylation is 1. The molecule has 0 bridgehead atoms. The molecule has 0 saturated heterocycles. The number of halogens is 1. The van der Waals surface area contributed by atoms with Gasteiger partial charge in [0.15, 0.2) is 6.61 Å². The van der Waals surface area contributed by atoms with E-state index in [4.69, 9.17) is 9.26 Å².